The Balaban J connectivity index is 2.34. The van der Waals surface area contributed by atoms with Gasteiger partial charge in [0.05, 0.1) is 6.54 Å². The number of nitrogens with one attached hydrogen (secondary N) is 2. The van der Waals surface area contributed by atoms with Gasteiger partial charge < -0.3 is 10.6 Å². The average molecular weight is 196 g/mol. The Bertz CT molecular complexity index is 306. The molecule has 0 atom stereocenters. The number of carbonyl (C=O) groups excluding carboxylic acids is 1. The van der Waals surface area contributed by atoms with Crippen LogP contribution in [-0.4, -0.2) is 28.3 Å². The van der Waals surface area contributed by atoms with Gasteiger partial charge in [-0.05, 0) is 0 Å². The molecule has 2 N–H and O–H groups in total. The van der Waals surface area contributed by atoms with Crippen LogP contribution >= 0.6 is 0 Å². The summed E-state index contributed by atoms with van der Waals surface area (Å²) < 4.78 is 1.64. The average Bonchev–Trinajstić information content (AvgIpc) is 2.48. The second-order valence-corrected chi connectivity index (χ2v) is 3.46. The van der Waals surface area contributed by atoms with Crippen LogP contribution in [0.15, 0.2) is 12.3 Å². The molecule has 0 radical (unpaired) electrons. The molecule has 14 heavy (non-hydrogen) atoms. The lowest BCUT2D eigenvalue weighted by Gasteiger charge is -2.06. The van der Waals surface area contributed by atoms with E-state index in [-0.39, 0.29) is 5.91 Å². The van der Waals surface area contributed by atoms with Gasteiger partial charge in [0.25, 0.3) is 0 Å². The number of amides is 1. The van der Waals surface area contributed by atoms with Gasteiger partial charge in [-0.1, -0.05) is 13.8 Å². The third kappa shape index (κ3) is 3.57. The molecule has 5 nitrogen and oxygen atoms in total. The van der Waals surface area contributed by atoms with Gasteiger partial charge in [-0.3, -0.25) is 9.48 Å². The molecular weight excluding hydrogens is 180 g/mol. The van der Waals surface area contributed by atoms with Crippen LogP contribution in [0, 0.1) is 0 Å². The first kappa shape index (κ1) is 10.7. The fourth-order valence-electron chi connectivity index (χ4n) is 0.966. The molecule has 0 aliphatic heterocycles. The van der Waals surface area contributed by atoms with E-state index in [2.05, 4.69) is 15.7 Å². The van der Waals surface area contributed by atoms with Gasteiger partial charge in [-0.15, -0.1) is 0 Å². The highest BCUT2D eigenvalue weighted by Gasteiger charge is 2.04. The zero-order valence-electron chi connectivity index (χ0n) is 8.74. The molecule has 0 bridgehead atoms. The van der Waals surface area contributed by atoms with Crippen LogP contribution in [-0.2, 0) is 11.8 Å². The number of rotatable bonds is 4. The lowest BCUT2D eigenvalue weighted by atomic mass is 10.4. The van der Waals surface area contributed by atoms with Gasteiger partial charge in [-0.25, -0.2) is 0 Å². The van der Waals surface area contributed by atoms with Crippen molar-refractivity contribution >= 4 is 11.7 Å². The summed E-state index contributed by atoms with van der Waals surface area (Å²) in [6.45, 7) is 4.30. The second-order valence-electron chi connectivity index (χ2n) is 3.46. The fraction of sp³-hybridized carbons (Fsp3) is 0.556. The van der Waals surface area contributed by atoms with Gasteiger partial charge in [0.1, 0.15) is 0 Å². The Kier molecular flexibility index (Phi) is 3.64. The highest BCUT2D eigenvalue weighted by atomic mass is 16.2. The van der Waals surface area contributed by atoms with Crippen molar-refractivity contribution in [3.8, 4) is 0 Å². The van der Waals surface area contributed by atoms with Crippen LogP contribution in [0.2, 0.25) is 0 Å². The minimum atomic E-state index is -0.0719. The summed E-state index contributed by atoms with van der Waals surface area (Å²) in [5, 5.41) is 9.75. The molecule has 5 heteroatoms. The maximum absolute atomic E-state index is 11.3. The van der Waals surface area contributed by atoms with Gasteiger partial charge >= 0.3 is 0 Å². The number of aromatic nitrogens is 2. The van der Waals surface area contributed by atoms with Crippen molar-refractivity contribution in [1.29, 1.82) is 0 Å². The highest BCUT2D eigenvalue weighted by molar-refractivity contribution is 5.91. The Hall–Kier alpha value is -1.36. The summed E-state index contributed by atoms with van der Waals surface area (Å²) in [5.74, 6) is 0.514. The van der Waals surface area contributed by atoms with Crippen LogP contribution < -0.4 is 10.6 Å². The molecule has 0 unspecified atom stereocenters. The van der Waals surface area contributed by atoms with Crippen molar-refractivity contribution in [3.63, 3.8) is 0 Å². The van der Waals surface area contributed by atoms with E-state index in [1.807, 2.05) is 20.9 Å². The molecule has 1 rings (SSSR count). The zero-order valence-corrected chi connectivity index (χ0v) is 8.74. The summed E-state index contributed by atoms with van der Waals surface area (Å²) in [7, 11) is 1.81. The molecule has 1 aromatic heterocycles. The molecule has 0 spiro atoms. The molecule has 1 amide bonds. The smallest absolute Gasteiger partial charge is 0.239 e. The first-order chi connectivity index (χ1) is 6.58. The largest absolute Gasteiger partial charge is 0.308 e. The zero-order chi connectivity index (χ0) is 10.6. The molecule has 0 saturated carbocycles. The van der Waals surface area contributed by atoms with Crippen LogP contribution in [0.4, 0.5) is 5.82 Å². The van der Waals surface area contributed by atoms with Gasteiger partial charge in [0.15, 0.2) is 5.82 Å². The molecular formula is C9H16N4O. The fourth-order valence-corrected chi connectivity index (χ4v) is 0.966. The Labute approximate surface area is 83.5 Å². The number of hydrogen-bond acceptors (Lipinski definition) is 3. The molecule has 0 fully saturated rings. The van der Waals surface area contributed by atoms with Gasteiger partial charge in [-0.2, -0.15) is 5.10 Å². The number of nitrogens with zero attached hydrogens (tertiary/aromatic N) is 2. The van der Waals surface area contributed by atoms with E-state index >= 15 is 0 Å². The number of aryl methyl sites for hydroxylation is 1. The maximum Gasteiger partial charge on any atom is 0.239 e. The topological polar surface area (TPSA) is 59.0 Å². The number of anilines is 1. The van der Waals surface area contributed by atoms with E-state index in [1.165, 1.54) is 0 Å². The quantitative estimate of drug-likeness (QED) is 0.731. The lowest BCUT2D eigenvalue weighted by molar-refractivity contribution is -0.115. The molecule has 0 saturated heterocycles. The Morgan fingerprint density at radius 3 is 2.86 bits per heavy atom. The molecule has 0 aliphatic rings. The van der Waals surface area contributed by atoms with E-state index in [4.69, 9.17) is 0 Å². The Morgan fingerprint density at radius 2 is 2.36 bits per heavy atom. The normalized spacial score (nSPS) is 10.6. The molecule has 1 aromatic rings. The second kappa shape index (κ2) is 4.76. The molecule has 0 aliphatic carbocycles. The van der Waals surface area contributed by atoms with Crippen LogP contribution in [0.1, 0.15) is 13.8 Å². The van der Waals surface area contributed by atoms with Crippen molar-refractivity contribution in [3.05, 3.63) is 12.3 Å². The van der Waals surface area contributed by atoms with Crippen molar-refractivity contribution in [2.75, 3.05) is 11.9 Å². The number of carbonyl (C=O) groups is 1. The molecule has 0 aromatic carbocycles. The van der Waals surface area contributed by atoms with Crippen molar-refractivity contribution in [2.45, 2.75) is 19.9 Å². The minimum absolute atomic E-state index is 0.0719. The lowest BCUT2D eigenvalue weighted by Crippen LogP contribution is -2.32. The minimum Gasteiger partial charge on any atom is -0.308 e. The van der Waals surface area contributed by atoms with E-state index in [0.29, 0.717) is 18.4 Å². The summed E-state index contributed by atoms with van der Waals surface area (Å²) in [6.07, 6.45) is 1.78. The summed E-state index contributed by atoms with van der Waals surface area (Å²) in [5.41, 5.74) is 0. The SMILES string of the molecule is CC(C)NCC(=O)Nc1ccn(C)n1. The monoisotopic (exact) mass is 196 g/mol. The van der Waals surface area contributed by atoms with Crippen molar-refractivity contribution < 1.29 is 4.79 Å². The van der Waals surface area contributed by atoms with Gasteiger partial charge in [0, 0.05) is 25.4 Å². The van der Waals surface area contributed by atoms with Crippen molar-refractivity contribution in [1.82, 2.24) is 15.1 Å². The third-order valence-electron chi connectivity index (χ3n) is 1.65. The first-order valence-electron chi connectivity index (χ1n) is 4.61. The summed E-state index contributed by atoms with van der Waals surface area (Å²) in [4.78, 5) is 11.3. The Morgan fingerprint density at radius 1 is 1.64 bits per heavy atom. The number of hydrogen-bond donors (Lipinski definition) is 2. The van der Waals surface area contributed by atoms with Crippen LogP contribution in [0.25, 0.3) is 0 Å². The maximum atomic E-state index is 11.3. The highest BCUT2D eigenvalue weighted by Crippen LogP contribution is 1.99. The predicted molar refractivity (Wildman–Crippen MR) is 55.0 cm³/mol. The standard InChI is InChI=1S/C9H16N4O/c1-7(2)10-6-9(14)11-8-4-5-13(3)12-8/h4-5,7,10H,6H2,1-3H3,(H,11,12,14). The molecule has 1 heterocycles. The van der Waals surface area contributed by atoms with E-state index in [9.17, 15) is 4.79 Å². The predicted octanol–water partition coefficient (Wildman–Crippen LogP) is 0.357. The summed E-state index contributed by atoms with van der Waals surface area (Å²) >= 11 is 0. The van der Waals surface area contributed by atoms with E-state index in [0.717, 1.165) is 0 Å². The molecule has 78 valence electrons. The van der Waals surface area contributed by atoms with Crippen molar-refractivity contribution in [2.24, 2.45) is 7.05 Å². The van der Waals surface area contributed by atoms with E-state index in [1.54, 1.807) is 16.9 Å². The summed E-state index contributed by atoms with van der Waals surface area (Å²) in [6, 6.07) is 2.07. The van der Waals surface area contributed by atoms with Crippen LogP contribution in [0.5, 0.6) is 0 Å². The van der Waals surface area contributed by atoms with Crippen LogP contribution in [0.3, 0.4) is 0 Å². The van der Waals surface area contributed by atoms with E-state index < -0.39 is 0 Å². The first-order valence-corrected chi connectivity index (χ1v) is 4.61. The third-order valence-corrected chi connectivity index (χ3v) is 1.65. The van der Waals surface area contributed by atoms with Gasteiger partial charge in [0.2, 0.25) is 5.91 Å².